The maximum atomic E-state index is 13.6. The standard InChI is InChI=1S/C29H25Cl3N4O5S/c1-18-3-10-24(11-4-18)42(39,40)36(16-20-6-12-25(31)26(32)13-20)17-23-9-8-22(41-23)15-33-35-29(38)28(37)34-27-14-21(30)7-5-19(27)2/h3-15H,16-17H2,1-2H3,(H,34,37)(H,35,38)/b33-15+. The van der Waals surface area contributed by atoms with E-state index in [9.17, 15) is 18.0 Å². The highest BCUT2D eigenvalue weighted by molar-refractivity contribution is 7.89. The van der Waals surface area contributed by atoms with Gasteiger partial charge in [-0.15, -0.1) is 0 Å². The molecule has 0 saturated heterocycles. The molecule has 218 valence electrons. The molecule has 2 N–H and O–H groups in total. The van der Waals surface area contributed by atoms with E-state index < -0.39 is 21.8 Å². The number of furan rings is 1. The van der Waals surface area contributed by atoms with Crippen molar-refractivity contribution < 1.29 is 22.4 Å². The molecule has 4 aromatic rings. The minimum absolute atomic E-state index is 0.00547. The Bertz CT molecular complexity index is 1760. The third-order valence-electron chi connectivity index (χ3n) is 6.03. The van der Waals surface area contributed by atoms with Crippen LogP contribution in [0.1, 0.15) is 28.2 Å². The van der Waals surface area contributed by atoms with Crippen LogP contribution in [0.5, 0.6) is 0 Å². The first kappa shape index (κ1) is 31.3. The van der Waals surface area contributed by atoms with Crippen molar-refractivity contribution in [1.29, 1.82) is 0 Å². The fraction of sp³-hybridized carbons (Fsp3) is 0.138. The van der Waals surface area contributed by atoms with Crippen molar-refractivity contribution in [2.75, 3.05) is 5.32 Å². The number of carbonyl (C=O) groups is 2. The van der Waals surface area contributed by atoms with Gasteiger partial charge in [-0.25, -0.2) is 13.8 Å². The van der Waals surface area contributed by atoms with E-state index >= 15 is 0 Å². The van der Waals surface area contributed by atoms with Crippen LogP contribution in [0, 0.1) is 13.8 Å². The van der Waals surface area contributed by atoms with Gasteiger partial charge in [-0.05, 0) is 73.5 Å². The molecule has 0 saturated carbocycles. The van der Waals surface area contributed by atoms with Crippen molar-refractivity contribution in [1.82, 2.24) is 9.73 Å². The Morgan fingerprint density at radius 2 is 1.62 bits per heavy atom. The Morgan fingerprint density at radius 3 is 2.33 bits per heavy atom. The fourth-order valence-corrected chi connectivity index (χ4v) is 5.65. The number of anilines is 1. The Labute approximate surface area is 258 Å². The third kappa shape index (κ3) is 7.99. The van der Waals surface area contributed by atoms with Crippen molar-refractivity contribution in [3.63, 3.8) is 0 Å². The summed E-state index contributed by atoms with van der Waals surface area (Å²) >= 11 is 18.1. The highest BCUT2D eigenvalue weighted by atomic mass is 35.5. The lowest BCUT2D eigenvalue weighted by atomic mass is 10.2. The summed E-state index contributed by atoms with van der Waals surface area (Å²) in [5, 5.41) is 7.30. The van der Waals surface area contributed by atoms with Crippen molar-refractivity contribution >= 4 is 68.5 Å². The van der Waals surface area contributed by atoms with Crippen LogP contribution in [0.4, 0.5) is 5.69 Å². The van der Waals surface area contributed by atoms with E-state index in [1.54, 1.807) is 73.7 Å². The predicted octanol–water partition coefficient (Wildman–Crippen LogP) is 6.34. The maximum Gasteiger partial charge on any atom is 0.329 e. The van der Waals surface area contributed by atoms with Gasteiger partial charge in [-0.3, -0.25) is 9.59 Å². The second kappa shape index (κ2) is 13.5. The number of carbonyl (C=O) groups excluding carboxylic acids is 2. The zero-order valence-electron chi connectivity index (χ0n) is 22.4. The third-order valence-corrected chi connectivity index (χ3v) is 8.81. The number of aryl methyl sites for hydroxylation is 2. The molecule has 1 heterocycles. The molecule has 0 aliphatic carbocycles. The molecule has 4 rings (SSSR count). The molecule has 0 spiro atoms. The molecule has 0 fully saturated rings. The van der Waals surface area contributed by atoms with Gasteiger partial charge in [0.2, 0.25) is 10.0 Å². The molecule has 0 aliphatic heterocycles. The predicted molar refractivity (Wildman–Crippen MR) is 163 cm³/mol. The summed E-state index contributed by atoms with van der Waals surface area (Å²) < 4.78 is 34.2. The number of nitrogens with one attached hydrogen (secondary N) is 2. The lowest BCUT2D eigenvalue weighted by Gasteiger charge is -2.22. The Kier molecular flexibility index (Phi) is 10.1. The van der Waals surface area contributed by atoms with E-state index in [4.69, 9.17) is 39.2 Å². The van der Waals surface area contributed by atoms with Crippen LogP contribution in [-0.2, 0) is 32.7 Å². The summed E-state index contributed by atoms with van der Waals surface area (Å²) in [6, 6.07) is 19.5. The molecule has 42 heavy (non-hydrogen) atoms. The first-order valence-corrected chi connectivity index (χ1v) is 15.0. The summed E-state index contributed by atoms with van der Waals surface area (Å²) in [4.78, 5) is 24.5. The summed E-state index contributed by atoms with van der Waals surface area (Å²) in [7, 11) is -3.94. The number of halogens is 3. The van der Waals surface area contributed by atoms with Crippen LogP contribution < -0.4 is 10.7 Å². The number of rotatable bonds is 9. The number of amides is 2. The SMILES string of the molecule is Cc1ccc(S(=O)(=O)N(Cc2ccc(Cl)c(Cl)c2)Cc2ccc(/C=N/NC(=O)C(=O)Nc3cc(Cl)ccc3C)o2)cc1. The van der Waals surface area contributed by atoms with E-state index in [0.717, 1.165) is 11.1 Å². The minimum atomic E-state index is -3.94. The lowest BCUT2D eigenvalue weighted by Crippen LogP contribution is -2.32. The summed E-state index contributed by atoms with van der Waals surface area (Å²) in [6.45, 7) is 3.51. The van der Waals surface area contributed by atoms with Crippen molar-refractivity contribution in [3.8, 4) is 0 Å². The van der Waals surface area contributed by atoms with Gasteiger partial charge in [0, 0.05) is 17.3 Å². The first-order chi connectivity index (χ1) is 19.9. The monoisotopic (exact) mass is 646 g/mol. The number of nitrogens with zero attached hydrogens (tertiary/aromatic N) is 2. The van der Waals surface area contributed by atoms with Crippen LogP contribution in [0.15, 0.2) is 87.2 Å². The van der Waals surface area contributed by atoms with Crippen LogP contribution >= 0.6 is 34.8 Å². The molecule has 0 aliphatic rings. The zero-order chi connectivity index (χ0) is 30.4. The van der Waals surface area contributed by atoms with Crippen LogP contribution in [-0.4, -0.2) is 30.8 Å². The number of hydrogen-bond donors (Lipinski definition) is 2. The molecule has 0 atom stereocenters. The molecule has 2 amide bonds. The van der Waals surface area contributed by atoms with Crippen LogP contribution in [0.25, 0.3) is 0 Å². The van der Waals surface area contributed by atoms with Crippen LogP contribution in [0.3, 0.4) is 0 Å². The average Bonchev–Trinajstić information content (AvgIpc) is 3.39. The normalized spacial score (nSPS) is 11.7. The van der Waals surface area contributed by atoms with Gasteiger partial charge >= 0.3 is 11.8 Å². The van der Waals surface area contributed by atoms with Crippen molar-refractivity contribution in [2.45, 2.75) is 31.8 Å². The van der Waals surface area contributed by atoms with Gasteiger partial charge in [0.05, 0.1) is 27.7 Å². The Morgan fingerprint density at radius 1 is 0.881 bits per heavy atom. The van der Waals surface area contributed by atoms with Gasteiger partial charge in [0.1, 0.15) is 11.5 Å². The summed E-state index contributed by atoms with van der Waals surface area (Å²) in [5.41, 5.74) is 4.79. The number of benzene rings is 3. The van der Waals surface area contributed by atoms with E-state index in [0.29, 0.717) is 32.1 Å². The minimum Gasteiger partial charge on any atom is -0.459 e. The summed E-state index contributed by atoms with van der Waals surface area (Å²) in [6.07, 6.45) is 1.19. The zero-order valence-corrected chi connectivity index (χ0v) is 25.5. The van der Waals surface area contributed by atoms with Gasteiger partial charge in [0.15, 0.2) is 0 Å². The molecular formula is C29H25Cl3N4O5S. The molecule has 1 aromatic heterocycles. The molecule has 3 aromatic carbocycles. The quantitative estimate of drug-likeness (QED) is 0.125. The van der Waals surface area contributed by atoms with Gasteiger partial charge < -0.3 is 9.73 Å². The molecule has 13 heteroatoms. The Hall–Kier alpha value is -3.67. The summed E-state index contributed by atoms with van der Waals surface area (Å²) in [5.74, 6) is -1.40. The van der Waals surface area contributed by atoms with Crippen molar-refractivity contribution in [2.24, 2.45) is 5.10 Å². The van der Waals surface area contributed by atoms with Gasteiger partial charge in [0.25, 0.3) is 0 Å². The van der Waals surface area contributed by atoms with E-state index in [1.807, 2.05) is 6.92 Å². The lowest BCUT2D eigenvalue weighted by molar-refractivity contribution is -0.136. The molecular weight excluding hydrogens is 623 g/mol. The van der Waals surface area contributed by atoms with E-state index in [2.05, 4.69) is 15.8 Å². The number of hydrogen-bond acceptors (Lipinski definition) is 6. The highest BCUT2D eigenvalue weighted by Gasteiger charge is 2.26. The van der Waals surface area contributed by atoms with Gasteiger partial charge in [-0.2, -0.15) is 9.41 Å². The largest absolute Gasteiger partial charge is 0.459 e. The molecule has 0 bridgehead atoms. The average molecular weight is 648 g/mol. The number of sulfonamides is 1. The van der Waals surface area contributed by atoms with E-state index in [-0.39, 0.29) is 23.7 Å². The van der Waals surface area contributed by atoms with Gasteiger partial charge in [-0.1, -0.05) is 64.6 Å². The molecule has 0 radical (unpaired) electrons. The second-order valence-corrected chi connectivity index (χ2v) is 12.4. The van der Waals surface area contributed by atoms with E-state index in [1.165, 1.54) is 16.6 Å². The maximum absolute atomic E-state index is 13.6. The highest BCUT2D eigenvalue weighted by Crippen LogP contribution is 2.27. The fourth-order valence-electron chi connectivity index (χ4n) is 3.76. The van der Waals surface area contributed by atoms with Crippen molar-refractivity contribution in [3.05, 3.63) is 116 Å². The molecule has 0 unspecified atom stereocenters. The second-order valence-electron chi connectivity index (χ2n) is 9.25. The number of hydrazone groups is 1. The first-order valence-electron chi connectivity index (χ1n) is 12.4. The molecule has 9 nitrogen and oxygen atoms in total. The smallest absolute Gasteiger partial charge is 0.329 e. The Balaban J connectivity index is 1.46. The topological polar surface area (TPSA) is 121 Å². The van der Waals surface area contributed by atoms with Crippen LogP contribution in [0.2, 0.25) is 15.1 Å².